The molecule has 0 fully saturated rings. The van der Waals surface area contributed by atoms with E-state index in [9.17, 15) is 0 Å². The molecule has 0 aromatic carbocycles. The number of allylic oxidation sites excluding steroid dienone is 3. The molecule has 0 atom stereocenters. The molecule has 0 N–H and O–H groups in total. The minimum absolute atomic E-state index is 0.722. The Morgan fingerprint density at radius 1 is 1.06 bits per heavy atom. The van der Waals surface area contributed by atoms with E-state index >= 15 is 0 Å². The second kappa shape index (κ2) is 9.44. The standard InChI is InChI=1S/C14H24OSi/c1-5-15-13-11-9-7-6-8-10-12-14-16(2,3)4/h6,8-9,11H,5,7,10,13H2,1-4H3/b8-6-,11-9-. The van der Waals surface area contributed by atoms with Crippen LogP contribution >= 0.6 is 0 Å². The zero-order chi connectivity index (χ0) is 12.3. The summed E-state index contributed by atoms with van der Waals surface area (Å²) in [7, 11) is -1.17. The van der Waals surface area contributed by atoms with Gasteiger partial charge in [-0.1, -0.05) is 43.9 Å². The number of hydrogen-bond acceptors (Lipinski definition) is 1. The van der Waals surface area contributed by atoms with E-state index in [-0.39, 0.29) is 0 Å². The minimum atomic E-state index is -1.17. The SMILES string of the molecule is CCOC/C=C\C/C=C\CC#C[Si](C)(C)C. The summed E-state index contributed by atoms with van der Waals surface area (Å²) >= 11 is 0. The summed E-state index contributed by atoms with van der Waals surface area (Å²) in [6.45, 7) is 10.3. The Kier molecular flexibility index (Phi) is 8.98. The van der Waals surface area contributed by atoms with Gasteiger partial charge in [-0.2, -0.15) is 0 Å². The number of rotatable bonds is 6. The lowest BCUT2D eigenvalue weighted by molar-refractivity contribution is 0.177. The molecule has 0 radical (unpaired) electrons. The molecule has 0 aromatic heterocycles. The van der Waals surface area contributed by atoms with Crippen LogP contribution in [0.1, 0.15) is 19.8 Å². The van der Waals surface area contributed by atoms with E-state index in [4.69, 9.17) is 4.74 Å². The van der Waals surface area contributed by atoms with Gasteiger partial charge in [0, 0.05) is 13.0 Å². The molecular weight excluding hydrogens is 212 g/mol. The van der Waals surface area contributed by atoms with Crippen LogP contribution in [0.5, 0.6) is 0 Å². The zero-order valence-corrected chi connectivity index (χ0v) is 12.0. The molecular formula is C14H24OSi. The highest BCUT2D eigenvalue weighted by Crippen LogP contribution is 1.97. The van der Waals surface area contributed by atoms with Crippen molar-refractivity contribution in [3.8, 4) is 11.5 Å². The average Bonchev–Trinajstić information content (AvgIpc) is 2.19. The predicted octanol–water partition coefficient (Wildman–Crippen LogP) is 3.80. The maximum Gasteiger partial charge on any atom is 0.129 e. The molecule has 0 aliphatic rings. The maximum atomic E-state index is 5.19. The topological polar surface area (TPSA) is 9.23 Å². The Morgan fingerprint density at radius 3 is 2.38 bits per heavy atom. The van der Waals surface area contributed by atoms with Crippen molar-refractivity contribution in [2.45, 2.75) is 39.4 Å². The third-order valence-corrected chi connectivity index (χ3v) is 2.63. The van der Waals surface area contributed by atoms with Crippen molar-refractivity contribution in [2.24, 2.45) is 0 Å². The summed E-state index contributed by atoms with van der Waals surface area (Å²) in [5.74, 6) is 3.21. The second-order valence-electron chi connectivity index (χ2n) is 4.59. The molecule has 0 unspecified atom stereocenters. The monoisotopic (exact) mass is 236 g/mol. The highest BCUT2D eigenvalue weighted by molar-refractivity contribution is 6.83. The molecule has 2 heteroatoms. The summed E-state index contributed by atoms with van der Waals surface area (Å²) in [4.78, 5) is 0. The predicted molar refractivity (Wildman–Crippen MR) is 75.1 cm³/mol. The Morgan fingerprint density at radius 2 is 1.75 bits per heavy atom. The van der Waals surface area contributed by atoms with Crippen LogP contribution < -0.4 is 0 Å². The summed E-state index contributed by atoms with van der Waals surface area (Å²) in [5, 5.41) is 0. The van der Waals surface area contributed by atoms with Crippen molar-refractivity contribution in [3.63, 3.8) is 0 Å². The molecule has 0 amide bonds. The van der Waals surface area contributed by atoms with Crippen LogP contribution in [-0.2, 0) is 4.74 Å². The van der Waals surface area contributed by atoms with Crippen molar-refractivity contribution in [3.05, 3.63) is 24.3 Å². The first-order chi connectivity index (χ1) is 7.56. The molecule has 0 heterocycles. The molecule has 0 aliphatic heterocycles. The fraction of sp³-hybridized carbons (Fsp3) is 0.571. The minimum Gasteiger partial charge on any atom is -0.378 e. The van der Waals surface area contributed by atoms with E-state index in [1.807, 2.05) is 6.92 Å². The Balaban J connectivity index is 3.55. The number of ether oxygens (including phenoxy) is 1. The first kappa shape index (κ1) is 15.2. The van der Waals surface area contributed by atoms with Crippen molar-refractivity contribution in [1.29, 1.82) is 0 Å². The van der Waals surface area contributed by atoms with E-state index in [0.29, 0.717) is 0 Å². The summed E-state index contributed by atoms with van der Waals surface area (Å²) in [5.41, 5.74) is 3.34. The molecule has 0 saturated heterocycles. The van der Waals surface area contributed by atoms with E-state index in [0.717, 1.165) is 26.1 Å². The first-order valence-corrected chi connectivity index (χ1v) is 9.44. The van der Waals surface area contributed by atoms with Crippen LogP contribution in [0.15, 0.2) is 24.3 Å². The Labute approximate surface area is 102 Å². The molecule has 0 aliphatic carbocycles. The van der Waals surface area contributed by atoms with Gasteiger partial charge in [0.2, 0.25) is 0 Å². The third kappa shape index (κ3) is 13.2. The van der Waals surface area contributed by atoms with Gasteiger partial charge in [0.05, 0.1) is 6.61 Å². The van der Waals surface area contributed by atoms with Gasteiger partial charge < -0.3 is 4.74 Å². The van der Waals surface area contributed by atoms with Gasteiger partial charge in [0.15, 0.2) is 0 Å². The molecule has 0 bridgehead atoms. The van der Waals surface area contributed by atoms with Crippen LogP contribution in [0.2, 0.25) is 19.6 Å². The van der Waals surface area contributed by atoms with Gasteiger partial charge in [0.1, 0.15) is 8.07 Å². The van der Waals surface area contributed by atoms with Crippen molar-refractivity contribution in [1.82, 2.24) is 0 Å². The lowest BCUT2D eigenvalue weighted by Gasteiger charge is -2.02. The molecule has 1 nitrogen and oxygen atoms in total. The fourth-order valence-corrected chi connectivity index (χ4v) is 1.62. The second-order valence-corrected chi connectivity index (χ2v) is 9.34. The van der Waals surface area contributed by atoms with Crippen molar-refractivity contribution in [2.75, 3.05) is 13.2 Å². The highest BCUT2D eigenvalue weighted by Gasteiger charge is 2.06. The maximum absolute atomic E-state index is 5.19. The van der Waals surface area contributed by atoms with Crippen LogP contribution in [0.25, 0.3) is 0 Å². The Bertz CT molecular complexity index is 273. The van der Waals surface area contributed by atoms with E-state index in [2.05, 4.69) is 55.4 Å². The quantitative estimate of drug-likeness (QED) is 0.295. The lowest BCUT2D eigenvalue weighted by Crippen LogP contribution is -2.16. The smallest absolute Gasteiger partial charge is 0.129 e. The van der Waals surface area contributed by atoms with Crippen molar-refractivity contribution >= 4 is 8.07 Å². The number of hydrogen-bond donors (Lipinski definition) is 0. The van der Waals surface area contributed by atoms with Gasteiger partial charge in [-0.25, -0.2) is 0 Å². The summed E-state index contributed by atoms with van der Waals surface area (Å²) in [6, 6.07) is 0. The van der Waals surface area contributed by atoms with Crippen molar-refractivity contribution < 1.29 is 4.74 Å². The molecule has 90 valence electrons. The van der Waals surface area contributed by atoms with Gasteiger partial charge in [0.25, 0.3) is 0 Å². The van der Waals surface area contributed by atoms with Crippen LogP contribution in [0.4, 0.5) is 0 Å². The van der Waals surface area contributed by atoms with Gasteiger partial charge in [-0.05, 0) is 13.3 Å². The molecule has 0 spiro atoms. The first-order valence-electron chi connectivity index (χ1n) is 5.94. The summed E-state index contributed by atoms with van der Waals surface area (Å²) < 4.78 is 5.19. The molecule has 0 rings (SSSR count). The molecule has 16 heavy (non-hydrogen) atoms. The van der Waals surface area contributed by atoms with E-state index in [1.54, 1.807) is 0 Å². The van der Waals surface area contributed by atoms with E-state index in [1.165, 1.54) is 0 Å². The lowest BCUT2D eigenvalue weighted by atomic mass is 10.3. The molecule has 0 saturated carbocycles. The highest BCUT2D eigenvalue weighted by atomic mass is 28.3. The van der Waals surface area contributed by atoms with Crippen LogP contribution in [0, 0.1) is 11.5 Å². The normalized spacial score (nSPS) is 12.0. The third-order valence-electron chi connectivity index (χ3n) is 1.71. The van der Waals surface area contributed by atoms with Crippen LogP contribution in [-0.4, -0.2) is 21.3 Å². The van der Waals surface area contributed by atoms with Gasteiger partial charge >= 0.3 is 0 Å². The van der Waals surface area contributed by atoms with Crippen LogP contribution in [0.3, 0.4) is 0 Å². The average molecular weight is 236 g/mol. The fourth-order valence-electron chi connectivity index (χ4n) is 0.983. The van der Waals surface area contributed by atoms with E-state index < -0.39 is 8.07 Å². The van der Waals surface area contributed by atoms with Gasteiger partial charge in [-0.3, -0.25) is 0 Å². The Hall–Kier alpha value is -0.783. The zero-order valence-electron chi connectivity index (χ0n) is 11.0. The largest absolute Gasteiger partial charge is 0.378 e. The van der Waals surface area contributed by atoms with Gasteiger partial charge in [-0.15, -0.1) is 11.5 Å². The molecule has 0 aromatic rings. The summed E-state index contributed by atoms with van der Waals surface area (Å²) in [6.07, 6.45) is 10.3.